The molecule has 0 saturated heterocycles. The SMILES string of the molecule is CCS(=O)(=O)N1Cc2ccccc2C[C@@H]1C(=O)NCCc1ccccc1. The maximum Gasteiger partial charge on any atom is 0.238 e. The highest BCUT2D eigenvalue weighted by Gasteiger charge is 2.37. The van der Waals surface area contributed by atoms with Gasteiger partial charge in [0.25, 0.3) is 0 Å². The molecule has 0 aromatic heterocycles. The van der Waals surface area contributed by atoms with Crippen molar-refractivity contribution < 1.29 is 13.2 Å². The minimum absolute atomic E-state index is 0.0110. The summed E-state index contributed by atoms with van der Waals surface area (Å²) < 4.78 is 26.4. The standard InChI is InChI=1S/C20H24N2O3S/c1-2-26(24,25)22-15-18-11-7-6-10-17(18)14-19(22)20(23)21-13-12-16-8-4-3-5-9-16/h3-11,19H,2,12-15H2,1H3,(H,21,23)/t19-/m1/s1. The average molecular weight is 372 g/mol. The minimum Gasteiger partial charge on any atom is -0.354 e. The van der Waals surface area contributed by atoms with Gasteiger partial charge in [-0.05, 0) is 36.5 Å². The van der Waals surface area contributed by atoms with Gasteiger partial charge >= 0.3 is 0 Å². The smallest absolute Gasteiger partial charge is 0.238 e. The van der Waals surface area contributed by atoms with E-state index in [2.05, 4.69) is 5.32 Å². The second-order valence-electron chi connectivity index (χ2n) is 6.46. The second-order valence-corrected chi connectivity index (χ2v) is 8.67. The van der Waals surface area contributed by atoms with Crippen LogP contribution in [-0.4, -0.2) is 37.0 Å². The van der Waals surface area contributed by atoms with Crippen LogP contribution < -0.4 is 5.32 Å². The van der Waals surface area contributed by atoms with Gasteiger partial charge in [0.1, 0.15) is 6.04 Å². The van der Waals surface area contributed by atoms with Crippen LogP contribution in [0.3, 0.4) is 0 Å². The Morgan fingerprint density at radius 1 is 1.08 bits per heavy atom. The largest absolute Gasteiger partial charge is 0.354 e. The van der Waals surface area contributed by atoms with E-state index < -0.39 is 16.1 Å². The highest BCUT2D eigenvalue weighted by molar-refractivity contribution is 7.89. The molecule has 0 unspecified atom stereocenters. The number of carbonyl (C=O) groups excluding carboxylic acids is 1. The van der Waals surface area contributed by atoms with Gasteiger partial charge in [0.15, 0.2) is 0 Å². The van der Waals surface area contributed by atoms with Crippen molar-refractivity contribution >= 4 is 15.9 Å². The van der Waals surface area contributed by atoms with E-state index in [-0.39, 0.29) is 18.2 Å². The first-order chi connectivity index (χ1) is 12.5. The molecule has 1 heterocycles. The first-order valence-electron chi connectivity index (χ1n) is 8.89. The lowest BCUT2D eigenvalue weighted by molar-refractivity contribution is -0.125. The summed E-state index contributed by atoms with van der Waals surface area (Å²) in [6, 6.07) is 16.9. The molecule has 6 heteroatoms. The van der Waals surface area contributed by atoms with Gasteiger partial charge in [0.05, 0.1) is 5.75 Å². The fraction of sp³-hybridized carbons (Fsp3) is 0.350. The van der Waals surface area contributed by atoms with Gasteiger partial charge in [0.2, 0.25) is 15.9 Å². The lowest BCUT2D eigenvalue weighted by Crippen LogP contribution is -2.53. The van der Waals surface area contributed by atoms with Crippen molar-refractivity contribution in [2.24, 2.45) is 0 Å². The number of hydrogen-bond donors (Lipinski definition) is 1. The molecule has 2 aromatic carbocycles. The number of rotatable bonds is 6. The Kier molecular flexibility index (Phi) is 5.74. The molecule has 0 fully saturated rings. The quantitative estimate of drug-likeness (QED) is 0.845. The number of nitrogens with one attached hydrogen (secondary N) is 1. The van der Waals surface area contributed by atoms with Crippen molar-refractivity contribution in [2.75, 3.05) is 12.3 Å². The van der Waals surface area contributed by atoms with Crippen LogP contribution in [0.25, 0.3) is 0 Å². The van der Waals surface area contributed by atoms with Crippen LogP contribution in [0.15, 0.2) is 54.6 Å². The van der Waals surface area contributed by atoms with Crippen molar-refractivity contribution in [2.45, 2.75) is 32.4 Å². The average Bonchev–Trinajstić information content (AvgIpc) is 2.67. The zero-order valence-corrected chi connectivity index (χ0v) is 15.7. The molecule has 5 nitrogen and oxygen atoms in total. The third-order valence-electron chi connectivity index (χ3n) is 4.79. The number of fused-ring (bicyclic) bond motifs is 1. The molecular weight excluding hydrogens is 348 g/mol. The summed E-state index contributed by atoms with van der Waals surface area (Å²) in [5, 5.41) is 2.91. The van der Waals surface area contributed by atoms with Crippen LogP contribution in [-0.2, 0) is 34.2 Å². The van der Waals surface area contributed by atoms with Crippen molar-refractivity contribution in [3.8, 4) is 0 Å². The molecule has 0 spiro atoms. The first-order valence-corrected chi connectivity index (χ1v) is 10.5. The Hall–Kier alpha value is -2.18. The Labute approximate surface area is 155 Å². The van der Waals surface area contributed by atoms with Crippen LogP contribution in [0, 0.1) is 0 Å². The number of nitrogens with zero attached hydrogens (tertiary/aromatic N) is 1. The normalized spacial score (nSPS) is 17.5. The number of amides is 1. The molecule has 1 aliphatic rings. The summed E-state index contributed by atoms with van der Waals surface area (Å²) in [5.74, 6) is -0.240. The first kappa shape index (κ1) is 18.6. The summed E-state index contributed by atoms with van der Waals surface area (Å²) in [7, 11) is -3.46. The molecule has 0 radical (unpaired) electrons. The number of benzene rings is 2. The number of carbonyl (C=O) groups is 1. The molecule has 3 rings (SSSR count). The van der Waals surface area contributed by atoms with Crippen LogP contribution in [0.4, 0.5) is 0 Å². The van der Waals surface area contributed by atoms with Crippen molar-refractivity contribution in [3.63, 3.8) is 0 Å². The molecular formula is C20H24N2O3S. The Bertz CT molecular complexity index is 866. The third-order valence-corrected chi connectivity index (χ3v) is 6.61. The van der Waals surface area contributed by atoms with Crippen LogP contribution in [0.5, 0.6) is 0 Å². The Balaban J connectivity index is 1.73. The maximum atomic E-state index is 12.8. The van der Waals surface area contributed by atoms with E-state index in [1.807, 2.05) is 54.6 Å². The Morgan fingerprint density at radius 2 is 1.73 bits per heavy atom. The van der Waals surface area contributed by atoms with Gasteiger partial charge in [-0.25, -0.2) is 8.42 Å². The summed E-state index contributed by atoms with van der Waals surface area (Å²) >= 11 is 0. The fourth-order valence-corrected chi connectivity index (χ4v) is 4.50. The second kappa shape index (κ2) is 8.01. The summed E-state index contributed by atoms with van der Waals surface area (Å²) in [4.78, 5) is 12.8. The van der Waals surface area contributed by atoms with Gasteiger partial charge in [-0.2, -0.15) is 4.31 Å². The van der Waals surface area contributed by atoms with Crippen LogP contribution >= 0.6 is 0 Å². The topological polar surface area (TPSA) is 66.5 Å². The number of sulfonamides is 1. The molecule has 138 valence electrons. The van der Waals surface area contributed by atoms with E-state index in [1.165, 1.54) is 4.31 Å². The molecule has 1 amide bonds. The van der Waals surface area contributed by atoms with Crippen LogP contribution in [0.2, 0.25) is 0 Å². The van der Waals surface area contributed by atoms with Gasteiger partial charge < -0.3 is 5.32 Å². The van der Waals surface area contributed by atoms with Crippen molar-refractivity contribution in [1.29, 1.82) is 0 Å². The molecule has 1 aliphatic heterocycles. The van der Waals surface area contributed by atoms with Crippen molar-refractivity contribution in [3.05, 3.63) is 71.3 Å². The van der Waals surface area contributed by atoms with Gasteiger partial charge in [-0.1, -0.05) is 54.6 Å². The van der Waals surface area contributed by atoms with E-state index in [9.17, 15) is 13.2 Å². The van der Waals surface area contributed by atoms with Gasteiger partial charge in [0, 0.05) is 13.1 Å². The third kappa shape index (κ3) is 4.14. The van der Waals surface area contributed by atoms with E-state index in [1.54, 1.807) is 6.92 Å². The molecule has 2 aromatic rings. The predicted octanol–water partition coefficient (Wildman–Crippen LogP) is 2.12. The summed E-state index contributed by atoms with van der Waals surface area (Å²) in [5.41, 5.74) is 3.15. The number of hydrogen-bond acceptors (Lipinski definition) is 3. The van der Waals surface area contributed by atoms with E-state index in [0.717, 1.165) is 23.1 Å². The maximum absolute atomic E-state index is 12.8. The molecule has 0 saturated carbocycles. The van der Waals surface area contributed by atoms with Crippen LogP contribution in [0.1, 0.15) is 23.6 Å². The van der Waals surface area contributed by atoms with Gasteiger partial charge in [-0.3, -0.25) is 4.79 Å². The molecule has 1 N–H and O–H groups in total. The summed E-state index contributed by atoms with van der Waals surface area (Å²) in [6.45, 7) is 2.35. The molecule has 26 heavy (non-hydrogen) atoms. The van der Waals surface area contributed by atoms with E-state index in [4.69, 9.17) is 0 Å². The Morgan fingerprint density at radius 3 is 2.42 bits per heavy atom. The minimum atomic E-state index is -3.46. The monoisotopic (exact) mass is 372 g/mol. The molecule has 1 atom stereocenters. The molecule has 0 bridgehead atoms. The van der Waals surface area contributed by atoms with E-state index >= 15 is 0 Å². The van der Waals surface area contributed by atoms with Crippen molar-refractivity contribution in [1.82, 2.24) is 9.62 Å². The lowest BCUT2D eigenvalue weighted by Gasteiger charge is -2.34. The van der Waals surface area contributed by atoms with Gasteiger partial charge in [-0.15, -0.1) is 0 Å². The lowest BCUT2D eigenvalue weighted by atomic mass is 9.95. The highest BCUT2D eigenvalue weighted by atomic mass is 32.2. The van der Waals surface area contributed by atoms with E-state index in [0.29, 0.717) is 13.0 Å². The zero-order chi connectivity index (χ0) is 18.6. The predicted molar refractivity (Wildman–Crippen MR) is 102 cm³/mol. The zero-order valence-electron chi connectivity index (χ0n) is 14.9. The highest BCUT2D eigenvalue weighted by Crippen LogP contribution is 2.26. The summed E-state index contributed by atoms with van der Waals surface area (Å²) in [6.07, 6.45) is 1.13. The molecule has 0 aliphatic carbocycles. The fourth-order valence-electron chi connectivity index (χ4n) is 3.27.